The molecule has 0 saturated heterocycles. The number of nitrogens with two attached hydrogens (primary N) is 1. The molecule has 0 unspecified atom stereocenters. The number of carbonyl (C=O) groups is 1. The number of aryl methyl sites for hydroxylation is 2. The molecule has 0 fully saturated rings. The summed E-state index contributed by atoms with van der Waals surface area (Å²) in [7, 11) is 0. The van der Waals surface area contributed by atoms with Crippen LogP contribution in [0.4, 0.5) is 5.82 Å². The molecule has 0 aliphatic rings. The van der Waals surface area contributed by atoms with Crippen LogP contribution in [0, 0.1) is 25.2 Å². The second-order valence-electron chi connectivity index (χ2n) is 8.67. The van der Waals surface area contributed by atoms with Crippen molar-refractivity contribution >= 4 is 11.7 Å². The van der Waals surface area contributed by atoms with Gasteiger partial charge in [0.15, 0.2) is 0 Å². The van der Waals surface area contributed by atoms with Gasteiger partial charge >= 0.3 is 0 Å². The Hall–Kier alpha value is -4.77. The number of carbonyl (C=O) groups excluding carboxylic acids is 1. The fourth-order valence-corrected chi connectivity index (χ4v) is 4.07. The van der Waals surface area contributed by atoms with Gasteiger partial charge < -0.3 is 16.0 Å². The van der Waals surface area contributed by atoms with Gasteiger partial charge in [-0.15, -0.1) is 0 Å². The van der Waals surface area contributed by atoms with Crippen molar-refractivity contribution < 1.29 is 4.79 Å². The minimum atomic E-state index is -0.199. The maximum absolute atomic E-state index is 12.8. The molecule has 3 heterocycles. The molecule has 8 heteroatoms. The van der Waals surface area contributed by atoms with E-state index in [0.29, 0.717) is 41.9 Å². The molecule has 8 nitrogen and oxygen atoms in total. The number of H-pyrrole nitrogens is 1. The molecule has 180 valence electrons. The van der Waals surface area contributed by atoms with Crippen LogP contribution in [0.15, 0.2) is 65.7 Å². The number of aromatic nitrogens is 3. The maximum Gasteiger partial charge on any atom is 0.251 e. The highest BCUT2D eigenvalue weighted by atomic mass is 16.1. The lowest BCUT2D eigenvalue weighted by atomic mass is 10.0. The van der Waals surface area contributed by atoms with Crippen LogP contribution in [0.2, 0.25) is 0 Å². The number of nitrogen functional groups attached to an aromatic ring is 1. The van der Waals surface area contributed by atoms with Gasteiger partial charge in [0, 0.05) is 54.3 Å². The van der Waals surface area contributed by atoms with E-state index in [1.54, 1.807) is 30.5 Å². The summed E-state index contributed by atoms with van der Waals surface area (Å²) in [6, 6.07) is 16.8. The Bertz CT molecular complexity index is 1490. The number of amides is 1. The molecule has 4 aromatic rings. The fraction of sp³-hybridized carbons (Fsp3) is 0.179. The SMILES string of the molecule is Cc1cc(N)nc(C)c1CNC(=O)c1ccnc(Cc2ccc(Cc3cc(C#N)c[nH]c3=O)cc2)c1. The van der Waals surface area contributed by atoms with E-state index < -0.39 is 0 Å². The van der Waals surface area contributed by atoms with Crippen molar-refractivity contribution in [2.45, 2.75) is 33.2 Å². The molecule has 0 atom stereocenters. The topological polar surface area (TPSA) is 138 Å². The lowest BCUT2D eigenvalue weighted by molar-refractivity contribution is 0.0950. The average Bonchev–Trinajstić information content (AvgIpc) is 2.86. The van der Waals surface area contributed by atoms with Gasteiger partial charge in [-0.3, -0.25) is 14.6 Å². The molecule has 0 aliphatic heterocycles. The quantitative estimate of drug-likeness (QED) is 0.372. The van der Waals surface area contributed by atoms with Gasteiger partial charge in [0.25, 0.3) is 11.5 Å². The fourth-order valence-electron chi connectivity index (χ4n) is 4.07. The van der Waals surface area contributed by atoms with E-state index in [9.17, 15) is 9.59 Å². The lowest BCUT2D eigenvalue weighted by Gasteiger charge is -2.12. The Kier molecular flexibility index (Phi) is 7.21. The van der Waals surface area contributed by atoms with E-state index in [4.69, 9.17) is 11.0 Å². The number of rotatable bonds is 7. The highest BCUT2D eigenvalue weighted by molar-refractivity contribution is 5.94. The molecule has 0 spiro atoms. The highest BCUT2D eigenvalue weighted by Crippen LogP contribution is 2.16. The van der Waals surface area contributed by atoms with Gasteiger partial charge in [-0.2, -0.15) is 5.26 Å². The van der Waals surface area contributed by atoms with Crippen LogP contribution in [0.5, 0.6) is 0 Å². The summed E-state index contributed by atoms with van der Waals surface area (Å²) in [5.74, 6) is 0.281. The summed E-state index contributed by atoms with van der Waals surface area (Å²) in [6.07, 6.45) is 4.04. The number of nitrogens with one attached hydrogen (secondary N) is 2. The summed E-state index contributed by atoms with van der Waals surface area (Å²) < 4.78 is 0. The molecule has 0 saturated carbocycles. The molecular formula is C28H26N6O2. The van der Waals surface area contributed by atoms with Crippen LogP contribution in [-0.4, -0.2) is 20.9 Å². The largest absolute Gasteiger partial charge is 0.384 e. The van der Waals surface area contributed by atoms with Crippen molar-refractivity contribution in [2.75, 3.05) is 5.73 Å². The zero-order valence-corrected chi connectivity index (χ0v) is 20.1. The molecular weight excluding hydrogens is 452 g/mol. The number of benzene rings is 1. The molecule has 0 bridgehead atoms. The number of pyridine rings is 3. The molecule has 36 heavy (non-hydrogen) atoms. The van der Waals surface area contributed by atoms with E-state index in [2.05, 4.69) is 20.3 Å². The number of nitrogens with zero attached hydrogens (tertiary/aromatic N) is 3. The molecule has 1 aromatic carbocycles. The summed E-state index contributed by atoms with van der Waals surface area (Å²) in [5.41, 5.74) is 12.6. The van der Waals surface area contributed by atoms with Crippen LogP contribution in [0.3, 0.4) is 0 Å². The van der Waals surface area contributed by atoms with Crippen LogP contribution >= 0.6 is 0 Å². The first kappa shape index (κ1) is 24.4. The van der Waals surface area contributed by atoms with Crippen LogP contribution < -0.4 is 16.6 Å². The Morgan fingerprint density at radius 1 is 1.08 bits per heavy atom. The predicted octanol–water partition coefficient (Wildman–Crippen LogP) is 3.35. The Morgan fingerprint density at radius 3 is 2.50 bits per heavy atom. The molecule has 3 aromatic heterocycles. The van der Waals surface area contributed by atoms with Crippen molar-refractivity contribution in [2.24, 2.45) is 0 Å². The predicted molar refractivity (Wildman–Crippen MR) is 137 cm³/mol. The van der Waals surface area contributed by atoms with Crippen molar-refractivity contribution in [3.63, 3.8) is 0 Å². The van der Waals surface area contributed by atoms with Crippen molar-refractivity contribution in [3.8, 4) is 6.07 Å². The smallest absolute Gasteiger partial charge is 0.251 e. The summed E-state index contributed by atoms with van der Waals surface area (Å²) in [5, 5.41) is 12.0. The lowest BCUT2D eigenvalue weighted by Crippen LogP contribution is -2.24. The van der Waals surface area contributed by atoms with Crippen LogP contribution in [0.25, 0.3) is 0 Å². The third-order valence-electron chi connectivity index (χ3n) is 5.99. The van der Waals surface area contributed by atoms with E-state index in [-0.39, 0.29) is 11.5 Å². The van der Waals surface area contributed by atoms with E-state index in [1.165, 1.54) is 6.20 Å². The molecule has 4 N–H and O–H groups in total. The summed E-state index contributed by atoms with van der Waals surface area (Å²) in [6.45, 7) is 4.19. The minimum absolute atomic E-state index is 0.186. The first-order valence-electron chi connectivity index (χ1n) is 11.5. The zero-order valence-electron chi connectivity index (χ0n) is 20.1. The van der Waals surface area contributed by atoms with Crippen molar-refractivity contribution in [1.29, 1.82) is 5.26 Å². The first-order valence-corrected chi connectivity index (χ1v) is 11.5. The number of anilines is 1. The number of nitriles is 1. The monoisotopic (exact) mass is 478 g/mol. The number of aromatic amines is 1. The molecule has 0 radical (unpaired) electrons. The summed E-state index contributed by atoms with van der Waals surface area (Å²) in [4.78, 5) is 36.1. The van der Waals surface area contributed by atoms with E-state index >= 15 is 0 Å². The van der Waals surface area contributed by atoms with E-state index in [0.717, 1.165) is 33.6 Å². The van der Waals surface area contributed by atoms with Crippen molar-refractivity contribution in [1.82, 2.24) is 20.3 Å². The molecule has 4 rings (SSSR count). The van der Waals surface area contributed by atoms with Crippen LogP contribution in [0.1, 0.15) is 55.1 Å². The van der Waals surface area contributed by atoms with Gasteiger partial charge in [-0.25, -0.2) is 4.98 Å². The third-order valence-corrected chi connectivity index (χ3v) is 5.99. The zero-order chi connectivity index (χ0) is 25.7. The van der Waals surface area contributed by atoms with Gasteiger partial charge in [0.2, 0.25) is 0 Å². The number of hydrogen-bond donors (Lipinski definition) is 3. The Balaban J connectivity index is 1.41. The highest BCUT2D eigenvalue weighted by Gasteiger charge is 2.11. The first-order chi connectivity index (χ1) is 17.3. The summed E-state index contributed by atoms with van der Waals surface area (Å²) >= 11 is 0. The van der Waals surface area contributed by atoms with Crippen LogP contribution in [-0.2, 0) is 19.4 Å². The Morgan fingerprint density at radius 2 is 1.81 bits per heavy atom. The second kappa shape index (κ2) is 10.7. The van der Waals surface area contributed by atoms with E-state index in [1.807, 2.05) is 44.2 Å². The molecule has 0 aliphatic carbocycles. The minimum Gasteiger partial charge on any atom is -0.384 e. The average molecular weight is 479 g/mol. The van der Waals surface area contributed by atoms with Gasteiger partial charge in [-0.05, 0) is 60.4 Å². The number of hydrogen-bond acceptors (Lipinski definition) is 6. The molecule has 1 amide bonds. The van der Waals surface area contributed by atoms with Gasteiger partial charge in [0.1, 0.15) is 11.9 Å². The third kappa shape index (κ3) is 5.83. The normalized spacial score (nSPS) is 10.6. The van der Waals surface area contributed by atoms with Gasteiger partial charge in [0.05, 0.1) is 5.56 Å². The standard InChI is InChI=1S/C28H26N6O2/c1-17-9-26(30)34-18(2)25(17)16-33-27(35)22-7-8-31-24(13-22)12-20-5-3-19(4-6-20)10-23-11-21(14-29)15-32-28(23)36/h3-9,11,13,15H,10,12,16H2,1-2H3,(H2,30,34)(H,32,36)(H,33,35). The second-order valence-corrected chi connectivity index (χ2v) is 8.67. The van der Waals surface area contributed by atoms with Crippen molar-refractivity contribution in [3.05, 3.63) is 122 Å². The maximum atomic E-state index is 12.8. The Labute approximate surface area is 208 Å². The van der Waals surface area contributed by atoms with Gasteiger partial charge in [-0.1, -0.05) is 24.3 Å².